The number of carbonyl (C=O) groups is 1. The fourth-order valence-corrected chi connectivity index (χ4v) is 1.73. The highest BCUT2D eigenvalue weighted by atomic mass is 35.5. The number of rotatable bonds is 5. The predicted molar refractivity (Wildman–Crippen MR) is 56.6 cm³/mol. The summed E-state index contributed by atoms with van der Waals surface area (Å²) in [5.41, 5.74) is -0.347. The molecule has 0 aliphatic heterocycles. The van der Waals surface area contributed by atoms with Crippen molar-refractivity contribution in [2.75, 3.05) is 7.11 Å². The van der Waals surface area contributed by atoms with Crippen LogP contribution >= 0.6 is 11.6 Å². The number of halogens is 3. The molecule has 0 atom stereocenters. The molecule has 1 rings (SSSR count). The number of nitrogens with zero attached hydrogens (tertiary/aromatic N) is 1. The lowest BCUT2D eigenvalue weighted by molar-refractivity contribution is -0.136. The number of ether oxygens (including phenoxy) is 1. The number of carboxylic acids is 1. The minimum atomic E-state index is -2.80. The van der Waals surface area contributed by atoms with Gasteiger partial charge in [-0.2, -0.15) is 0 Å². The molecule has 0 aliphatic carbocycles. The molecule has 17 heavy (non-hydrogen) atoms. The minimum Gasteiger partial charge on any atom is -0.495 e. The largest absolute Gasteiger partial charge is 0.495 e. The Kier molecular flexibility index (Phi) is 4.62. The minimum absolute atomic E-state index is 0.0171. The van der Waals surface area contributed by atoms with Gasteiger partial charge in [-0.05, 0) is 0 Å². The van der Waals surface area contributed by atoms with Gasteiger partial charge in [0.25, 0.3) is 6.43 Å². The lowest BCUT2D eigenvalue weighted by atomic mass is 10.1. The highest BCUT2D eigenvalue weighted by molar-refractivity contribution is 6.17. The first-order valence-electron chi connectivity index (χ1n) is 4.61. The number of aliphatic carboxylic acids is 1. The third-order valence-electron chi connectivity index (χ3n) is 2.17. The fraction of sp³-hybridized carbons (Fsp3) is 0.400. The van der Waals surface area contributed by atoms with Crippen molar-refractivity contribution in [3.8, 4) is 5.75 Å². The summed E-state index contributed by atoms with van der Waals surface area (Å²) in [4.78, 5) is 14.4. The summed E-state index contributed by atoms with van der Waals surface area (Å²) in [5, 5.41) is 8.64. The summed E-state index contributed by atoms with van der Waals surface area (Å²) in [6.07, 6.45) is -2.17. The average Bonchev–Trinajstić information content (AvgIpc) is 2.27. The molecule has 0 fully saturated rings. The van der Waals surface area contributed by atoms with Gasteiger partial charge in [-0.3, -0.25) is 9.78 Å². The number of carboxylic acid groups (broad SMARTS) is 1. The highest BCUT2D eigenvalue weighted by Gasteiger charge is 2.23. The van der Waals surface area contributed by atoms with Gasteiger partial charge in [-0.25, -0.2) is 8.78 Å². The Morgan fingerprint density at radius 1 is 1.65 bits per heavy atom. The molecule has 0 bridgehead atoms. The van der Waals surface area contributed by atoms with Crippen LogP contribution in [0.3, 0.4) is 0 Å². The topological polar surface area (TPSA) is 59.4 Å². The molecule has 1 heterocycles. The molecule has 0 radical (unpaired) electrons. The van der Waals surface area contributed by atoms with E-state index in [9.17, 15) is 13.6 Å². The Bertz CT molecular complexity index is 426. The van der Waals surface area contributed by atoms with E-state index in [2.05, 4.69) is 4.98 Å². The highest BCUT2D eigenvalue weighted by Crippen LogP contribution is 2.34. The molecule has 0 unspecified atom stereocenters. The Labute approximate surface area is 101 Å². The van der Waals surface area contributed by atoms with Crippen LogP contribution in [0, 0.1) is 0 Å². The van der Waals surface area contributed by atoms with E-state index in [0.29, 0.717) is 0 Å². The summed E-state index contributed by atoms with van der Waals surface area (Å²) in [6.45, 7) is 0. The van der Waals surface area contributed by atoms with Crippen LogP contribution in [0.2, 0.25) is 0 Å². The molecule has 0 spiro atoms. The first-order chi connectivity index (χ1) is 8.01. The third-order valence-corrected chi connectivity index (χ3v) is 2.43. The van der Waals surface area contributed by atoms with Crippen LogP contribution in [0.15, 0.2) is 6.20 Å². The van der Waals surface area contributed by atoms with Crippen molar-refractivity contribution < 1.29 is 23.4 Å². The summed E-state index contributed by atoms with van der Waals surface area (Å²) in [6, 6.07) is 0. The average molecular weight is 266 g/mol. The molecule has 1 N–H and O–H groups in total. The van der Waals surface area contributed by atoms with Crippen molar-refractivity contribution in [3.63, 3.8) is 0 Å². The maximum absolute atomic E-state index is 12.9. The summed E-state index contributed by atoms with van der Waals surface area (Å²) in [7, 11) is 1.23. The van der Waals surface area contributed by atoms with Crippen LogP contribution in [-0.2, 0) is 17.1 Å². The van der Waals surface area contributed by atoms with Crippen molar-refractivity contribution in [3.05, 3.63) is 23.0 Å². The lowest BCUT2D eigenvalue weighted by Crippen LogP contribution is -2.09. The van der Waals surface area contributed by atoms with Crippen LogP contribution in [-0.4, -0.2) is 23.2 Å². The summed E-state index contributed by atoms with van der Waals surface area (Å²) >= 11 is 5.57. The van der Waals surface area contributed by atoms with E-state index < -0.39 is 24.4 Å². The first-order valence-corrected chi connectivity index (χ1v) is 5.15. The molecule has 0 saturated carbocycles. The monoisotopic (exact) mass is 265 g/mol. The van der Waals surface area contributed by atoms with Crippen molar-refractivity contribution in [1.82, 2.24) is 4.98 Å². The normalized spacial score (nSPS) is 10.6. The second-order valence-electron chi connectivity index (χ2n) is 3.17. The molecule has 0 aromatic carbocycles. The molecule has 0 aliphatic rings. The van der Waals surface area contributed by atoms with Crippen molar-refractivity contribution in [2.45, 2.75) is 18.7 Å². The number of hydrogen-bond donors (Lipinski definition) is 1. The summed E-state index contributed by atoms with van der Waals surface area (Å²) < 4.78 is 30.5. The van der Waals surface area contributed by atoms with E-state index >= 15 is 0 Å². The standard InChI is InChI=1S/C10H10ClF2NO3/c1-17-7-4-14-6(2-8(15)16)5(3-11)9(7)10(12)13/h4,10H,2-3H2,1H3,(H,15,16). The van der Waals surface area contributed by atoms with Gasteiger partial charge in [0, 0.05) is 11.4 Å². The number of methoxy groups -OCH3 is 1. The molecular formula is C10H10ClF2NO3. The molecule has 94 valence electrons. The quantitative estimate of drug-likeness (QED) is 0.831. The van der Waals surface area contributed by atoms with Gasteiger partial charge in [0.15, 0.2) is 0 Å². The van der Waals surface area contributed by atoms with Gasteiger partial charge < -0.3 is 9.84 Å². The number of alkyl halides is 3. The van der Waals surface area contributed by atoms with Gasteiger partial charge >= 0.3 is 5.97 Å². The van der Waals surface area contributed by atoms with Crippen LogP contribution in [0.4, 0.5) is 8.78 Å². The zero-order valence-corrected chi connectivity index (χ0v) is 9.67. The number of hydrogen-bond acceptors (Lipinski definition) is 3. The fourth-order valence-electron chi connectivity index (χ4n) is 1.43. The SMILES string of the molecule is COc1cnc(CC(=O)O)c(CCl)c1C(F)F. The Morgan fingerprint density at radius 2 is 2.29 bits per heavy atom. The van der Waals surface area contributed by atoms with E-state index in [0.717, 1.165) is 6.20 Å². The van der Waals surface area contributed by atoms with E-state index in [1.807, 2.05) is 0 Å². The Balaban J connectivity index is 3.35. The maximum atomic E-state index is 12.9. The molecule has 0 saturated heterocycles. The smallest absolute Gasteiger partial charge is 0.309 e. The van der Waals surface area contributed by atoms with Gasteiger partial charge in [-0.15, -0.1) is 11.6 Å². The second kappa shape index (κ2) is 5.77. The van der Waals surface area contributed by atoms with E-state index in [1.165, 1.54) is 7.11 Å². The van der Waals surface area contributed by atoms with E-state index in [4.69, 9.17) is 21.4 Å². The van der Waals surface area contributed by atoms with Crippen LogP contribution in [0.25, 0.3) is 0 Å². The molecule has 4 nitrogen and oxygen atoms in total. The third kappa shape index (κ3) is 3.03. The van der Waals surface area contributed by atoms with Gasteiger partial charge in [0.05, 0.1) is 31.0 Å². The summed E-state index contributed by atoms with van der Waals surface area (Å²) in [5.74, 6) is -1.49. The molecule has 1 aromatic rings. The first kappa shape index (κ1) is 13.6. The molecule has 1 aromatic heterocycles. The van der Waals surface area contributed by atoms with Gasteiger partial charge in [0.1, 0.15) is 5.75 Å². The van der Waals surface area contributed by atoms with Crippen LogP contribution in [0.1, 0.15) is 23.2 Å². The maximum Gasteiger partial charge on any atom is 0.309 e. The molecule has 0 amide bonds. The van der Waals surface area contributed by atoms with Crippen molar-refractivity contribution in [2.24, 2.45) is 0 Å². The van der Waals surface area contributed by atoms with Crippen LogP contribution in [0.5, 0.6) is 5.75 Å². The Morgan fingerprint density at radius 3 is 2.71 bits per heavy atom. The number of pyridine rings is 1. The van der Waals surface area contributed by atoms with Gasteiger partial charge in [0.2, 0.25) is 0 Å². The lowest BCUT2D eigenvalue weighted by Gasteiger charge is -2.14. The van der Waals surface area contributed by atoms with E-state index in [1.54, 1.807) is 0 Å². The van der Waals surface area contributed by atoms with Crippen molar-refractivity contribution >= 4 is 17.6 Å². The van der Waals surface area contributed by atoms with Gasteiger partial charge in [-0.1, -0.05) is 0 Å². The van der Waals surface area contributed by atoms with Crippen molar-refractivity contribution in [1.29, 1.82) is 0 Å². The zero-order chi connectivity index (χ0) is 13.0. The Hall–Kier alpha value is -1.43. The zero-order valence-electron chi connectivity index (χ0n) is 8.91. The van der Waals surface area contributed by atoms with Crippen LogP contribution < -0.4 is 4.74 Å². The second-order valence-corrected chi connectivity index (χ2v) is 3.44. The predicted octanol–water partition coefficient (Wildman–Crippen LogP) is 2.39. The van der Waals surface area contributed by atoms with E-state index in [-0.39, 0.29) is 22.9 Å². The number of aromatic nitrogens is 1. The molecule has 7 heteroatoms. The molecular weight excluding hydrogens is 256 g/mol.